The largest absolute Gasteiger partial charge is 0.472 e. The highest BCUT2D eigenvalue weighted by atomic mass is 16.6. The van der Waals surface area contributed by atoms with Crippen LogP contribution >= 0.6 is 0 Å². The Labute approximate surface area is 137 Å². The maximum Gasteiger partial charge on any atom is 0.340 e. The summed E-state index contributed by atoms with van der Waals surface area (Å²) in [5.74, 6) is -0.443. The molecule has 0 aliphatic carbocycles. The number of carbonyl (C=O) groups excluding carboxylic acids is 1. The van der Waals surface area contributed by atoms with Gasteiger partial charge in [0, 0.05) is 0 Å². The second-order valence-electron chi connectivity index (χ2n) is 5.20. The first-order valence-corrected chi connectivity index (χ1v) is 7.41. The van der Waals surface area contributed by atoms with Crippen LogP contribution in [0, 0.1) is 0 Å². The molecular weight excluding hydrogens is 306 g/mol. The zero-order chi connectivity index (χ0) is 16.4. The summed E-state index contributed by atoms with van der Waals surface area (Å²) in [6.45, 7) is 0. The Bertz CT molecular complexity index is 962. The molecule has 2 aromatic carbocycles. The van der Waals surface area contributed by atoms with Crippen molar-refractivity contribution in [1.29, 1.82) is 0 Å². The first-order valence-electron chi connectivity index (χ1n) is 7.41. The van der Waals surface area contributed by atoms with Gasteiger partial charge in [-0.25, -0.2) is 9.48 Å². The minimum absolute atomic E-state index is 0.443. The summed E-state index contributed by atoms with van der Waals surface area (Å²) >= 11 is 0. The van der Waals surface area contributed by atoms with Gasteiger partial charge in [0.1, 0.15) is 5.52 Å². The summed E-state index contributed by atoms with van der Waals surface area (Å²) in [5, 5.41) is 8.27. The Morgan fingerprint density at radius 3 is 2.62 bits per heavy atom. The molecule has 24 heavy (non-hydrogen) atoms. The van der Waals surface area contributed by atoms with Crippen molar-refractivity contribution in [3.8, 4) is 0 Å². The lowest BCUT2D eigenvalue weighted by molar-refractivity contribution is 0.0195. The third-order valence-corrected chi connectivity index (χ3v) is 3.66. The average Bonchev–Trinajstić information content (AvgIpc) is 3.30. The van der Waals surface area contributed by atoms with Crippen LogP contribution in [0.4, 0.5) is 0 Å². The molecule has 6 nitrogen and oxygen atoms in total. The topological polar surface area (TPSA) is 70.2 Å². The molecule has 0 bridgehead atoms. The molecular formula is C18H13N3O3. The van der Waals surface area contributed by atoms with Gasteiger partial charge in [-0.05, 0) is 30.3 Å². The lowest BCUT2D eigenvalue weighted by Gasteiger charge is -2.17. The van der Waals surface area contributed by atoms with Crippen LogP contribution in [-0.4, -0.2) is 21.0 Å². The first-order chi connectivity index (χ1) is 11.8. The maximum absolute atomic E-state index is 12.5. The number of rotatable bonds is 4. The maximum atomic E-state index is 12.5. The Balaban J connectivity index is 1.74. The molecule has 1 atom stereocenters. The second kappa shape index (κ2) is 6.00. The second-order valence-corrected chi connectivity index (χ2v) is 5.20. The van der Waals surface area contributed by atoms with Crippen LogP contribution in [0.2, 0.25) is 0 Å². The number of aromatic nitrogens is 3. The number of hydrogen-bond donors (Lipinski definition) is 0. The third-order valence-electron chi connectivity index (χ3n) is 3.66. The molecule has 118 valence electrons. The summed E-state index contributed by atoms with van der Waals surface area (Å²) in [7, 11) is 0. The molecule has 0 N–H and O–H groups in total. The molecule has 0 aliphatic rings. The van der Waals surface area contributed by atoms with Gasteiger partial charge in [-0.3, -0.25) is 0 Å². The van der Waals surface area contributed by atoms with Crippen molar-refractivity contribution in [2.24, 2.45) is 0 Å². The summed E-state index contributed by atoms with van der Waals surface area (Å²) in [6.07, 6.45) is 2.29. The monoisotopic (exact) mass is 319 g/mol. The van der Waals surface area contributed by atoms with Gasteiger partial charge in [0.2, 0.25) is 6.23 Å². The first kappa shape index (κ1) is 14.2. The fraction of sp³-hybridized carbons (Fsp3) is 0.0556. The van der Waals surface area contributed by atoms with Gasteiger partial charge in [-0.15, -0.1) is 5.10 Å². The van der Waals surface area contributed by atoms with E-state index < -0.39 is 12.2 Å². The Morgan fingerprint density at radius 2 is 1.83 bits per heavy atom. The van der Waals surface area contributed by atoms with E-state index in [0.717, 1.165) is 11.0 Å². The highest BCUT2D eigenvalue weighted by molar-refractivity contribution is 5.89. The minimum Gasteiger partial charge on any atom is -0.472 e. The summed E-state index contributed by atoms with van der Waals surface area (Å²) in [4.78, 5) is 12.5. The molecule has 1 unspecified atom stereocenters. The van der Waals surface area contributed by atoms with Crippen LogP contribution in [0.3, 0.4) is 0 Å². The van der Waals surface area contributed by atoms with E-state index in [0.29, 0.717) is 11.1 Å². The molecule has 0 radical (unpaired) electrons. The molecule has 4 aromatic rings. The van der Waals surface area contributed by atoms with Gasteiger partial charge >= 0.3 is 5.97 Å². The molecule has 4 rings (SSSR count). The van der Waals surface area contributed by atoms with E-state index >= 15 is 0 Å². The number of nitrogens with zero attached hydrogens (tertiary/aromatic N) is 3. The van der Waals surface area contributed by atoms with Gasteiger partial charge < -0.3 is 9.15 Å². The predicted molar refractivity (Wildman–Crippen MR) is 86.2 cm³/mol. The SMILES string of the molecule is O=C(OC(c1ccoc1)n1nnc2ccccc21)c1ccccc1. The van der Waals surface area contributed by atoms with E-state index in [1.165, 1.54) is 12.5 Å². The van der Waals surface area contributed by atoms with E-state index in [1.54, 1.807) is 35.0 Å². The van der Waals surface area contributed by atoms with Crippen molar-refractivity contribution in [2.45, 2.75) is 6.23 Å². The van der Waals surface area contributed by atoms with Crippen LogP contribution in [0.15, 0.2) is 77.6 Å². The van der Waals surface area contributed by atoms with Crippen molar-refractivity contribution < 1.29 is 13.9 Å². The number of fused-ring (bicyclic) bond motifs is 1. The van der Waals surface area contributed by atoms with E-state index in [4.69, 9.17) is 9.15 Å². The number of para-hydroxylation sites is 1. The molecule has 0 saturated carbocycles. The lowest BCUT2D eigenvalue weighted by Crippen LogP contribution is -2.19. The number of carbonyl (C=O) groups is 1. The third kappa shape index (κ3) is 2.54. The van der Waals surface area contributed by atoms with E-state index in [-0.39, 0.29) is 0 Å². The van der Waals surface area contributed by atoms with Crippen LogP contribution in [0.1, 0.15) is 22.1 Å². The molecule has 0 saturated heterocycles. The Kier molecular flexibility index (Phi) is 3.55. The molecule has 0 fully saturated rings. The predicted octanol–water partition coefficient (Wildman–Crippen LogP) is 3.43. The minimum atomic E-state index is -0.760. The molecule has 2 aromatic heterocycles. The van der Waals surface area contributed by atoms with E-state index in [1.807, 2.05) is 30.3 Å². The van der Waals surface area contributed by atoms with Gasteiger partial charge in [-0.2, -0.15) is 0 Å². The number of hydrogen-bond acceptors (Lipinski definition) is 5. The molecule has 2 heterocycles. The summed E-state index contributed by atoms with van der Waals surface area (Å²) in [6, 6.07) is 18.0. The normalized spacial score (nSPS) is 12.2. The van der Waals surface area contributed by atoms with Crippen molar-refractivity contribution in [2.75, 3.05) is 0 Å². The number of furan rings is 1. The molecule has 0 spiro atoms. The Morgan fingerprint density at radius 1 is 1.04 bits per heavy atom. The highest BCUT2D eigenvalue weighted by Gasteiger charge is 2.23. The number of benzene rings is 2. The quantitative estimate of drug-likeness (QED) is 0.539. The smallest absolute Gasteiger partial charge is 0.340 e. The molecule has 0 amide bonds. The van der Waals surface area contributed by atoms with E-state index in [2.05, 4.69) is 10.3 Å². The van der Waals surface area contributed by atoms with Crippen molar-refractivity contribution in [3.63, 3.8) is 0 Å². The van der Waals surface area contributed by atoms with Crippen molar-refractivity contribution in [3.05, 3.63) is 84.3 Å². The zero-order valence-electron chi connectivity index (χ0n) is 12.6. The summed E-state index contributed by atoms with van der Waals surface area (Å²) < 4.78 is 12.4. The number of esters is 1. The van der Waals surface area contributed by atoms with Crippen LogP contribution in [0.5, 0.6) is 0 Å². The molecule has 6 heteroatoms. The standard InChI is InChI=1S/C18H13N3O3/c22-18(13-6-2-1-3-7-13)24-17(14-10-11-23-12-14)21-16-9-5-4-8-15(16)19-20-21/h1-12,17H. The van der Waals surface area contributed by atoms with Gasteiger partial charge in [0.15, 0.2) is 0 Å². The fourth-order valence-corrected chi connectivity index (χ4v) is 2.48. The van der Waals surface area contributed by atoms with Crippen LogP contribution in [0.25, 0.3) is 11.0 Å². The van der Waals surface area contributed by atoms with Crippen LogP contribution < -0.4 is 0 Å². The Hall–Kier alpha value is -3.41. The fourth-order valence-electron chi connectivity index (χ4n) is 2.48. The van der Waals surface area contributed by atoms with Gasteiger partial charge in [-0.1, -0.05) is 35.5 Å². The van der Waals surface area contributed by atoms with E-state index in [9.17, 15) is 4.79 Å². The highest BCUT2D eigenvalue weighted by Crippen LogP contribution is 2.25. The zero-order valence-corrected chi connectivity index (χ0v) is 12.6. The van der Waals surface area contributed by atoms with Crippen molar-refractivity contribution in [1.82, 2.24) is 15.0 Å². The van der Waals surface area contributed by atoms with Crippen LogP contribution in [-0.2, 0) is 4.74 Å². The lowest BCUT2D eigenvalue weighted by atomic mass is 10.2. The van der Waals surface area contributed by atoms with Crippen molar-refractivity contribution >= 4 is 17.0 Å². The summed E-state index contributed by atoms with van der Waals surface area (Å²) in [5.41, 5.74) is 2.64. The average molecular weight is 319 g/mol. The van der Waals surface area contributed by atoms with Gasteiger partial charge in [0.25, 0.3) is 0 Å². The van der Waals surface area contributed by atoms with Gasteiger partial charge in [0.05, 0.1) is 29.2 Å². The molecule has 0 aliphatic heterocycles. The number of ether oxygens (including phenoxy) is 1.